The molecule has 140 valence electrons. The molecule has 0 unspecified atom stereocenters. The summed E-state index contributed by atoms with van der Waals surface area (Å²) in [6.07, 6.45) is 2.20. The monoisotopic (exact) mass is 360 g/mol. The zero-order chi connectivity index (χ0) is 18.8. The number of rotatable bonds is 2. The van der Waals surface area contributed by atoms with E-state index in [4.69, 9.17) is 14.2 Å². The lowest BCUT2D eigenvalue weighted by Crippen LogP contribution is -2.39. The quantitative estimate of drug-likeness (QED) is 0.349. The second-order valence-corrected chi connectivity index (χ2v) is 7.85. The van der Waals surface area contributed by atoms with Crippen LogP contribution in [0.25, 0.3) is 0 Å². The molecular weight excluding hydrogens is 336 g/mol. The minimum atomic E-state index is -0.664. The molecule has 0 radical (unpaired) electrons. The maximum Gasteiger partial charge on any atom is 0.334 e. The highest BCUT2D eigenvalue weighted by Gasteiger charge is 2.67. The van der Waals surface area contributed by atoms with Gasteiger partial charge in [0.15, 0.2) is 0 Å². The van der Waals surface area contributed by atoms with Gasteiger partial charge in [-0.1, -0.05) is 24.3 Å². The Morgan fingerprint density at radius 2 is 2.15 bits per heavy atom. The summed E-state index contributed by atoms with van der Waals surface area (Å²) >= 11 is 0. The Hall–Kier alpha value is -1.92. The van der Waals surface area contributed by atoms with Crippen molar-refractivity contribution in [2.45, 2.75) is 51.1 Å². The van der Waals surface area contributed by atoms with Crippen molar-refractivity contribution in [3.05, 3.63) is 35.5 Å². The van der Waals surface area contributed by atoms with E-state index in [1.165, 1.54) is 0 Å². The van der Waals surface area contributed by atoms with Gasteiger partial charge in [-0.2, -0.15) is 0 Å². The van der Waals surface area contributed by atoms with Crippen LogP contribution in [0.4, 0.5) is 0 Å². The highest BCUT2D eigenvalue weighted by molar-refractivity contribution is 5.91. The number of ether oxygens (including phenoxy) is 3. The second kappa shape index (κ2) is 5.79. The Bertz CT molecular complexity index is 743. The number of allylic oxidation sites excluding steroid dienone is 1. The first-order chi connectivity index (χ1) is 12.3. The highest BCUT2D eigenvalue weighted by atomic mass is 16.6. The lowest BCUT2D eigenvalue weighted by Gasteiger charge is -2.30. The first-order valence-electron chi connectivity index (χ1n) is 9.03. The van der Waals surface area contributed by atoms with E-state index < -0.39 is 41.8 Å². The molecule has 1 spiro atoms. The Balaban J connectivity index is 1.74. The lowest BCUT2D eigenvalue weighted by atomic mass is 9.77. The fraction of sp³-hybridized carbons (Fsp3) is 0.600. The van der Waals surface area contributed by atoms with Crippen LogP contribution in [0.15, 0.2) is 35.5 Å². The largest absolute Gasteiger partial charge is 0.458 e. The molecular formula is C20H24O6. The van der Waals surface area contributed by atoms with Crippen molar-refractivity contribution in [3.63, 3.8) is 0 Å². The van der Waals surface area contributed by atoms with Crippen molar-refractivity contribution >= 4 is 11.9 Å². The van der Waals surface area contributed by atoms with Crippen LogP contribution in [-0.4, -0.2) is 47.6 Å². The number of aliphatic hydroxyl groups is 1. The summed E-state index contributed by atoms with van der Waals surface area (Å²) in [5.74, 6) is -1.67. The molecule has 7 atom stereocenters. The van der Waals surface area contributed by atoms with E-state index in [2.05, 4.69) is 6.58 Å². The third kappa shape index (κ3) is 2.39. The average molecular weight is 360 g/mol. The van der Waals surface area contributed by atoms with Crippen LogP contribution < -0.4 is 0 Å². The number of aliphatic hydroxyl groups excluding tert-OH is 1. The van der Waals surface area contributed by atoms with Crippen LogP contribution in [0.5, 0.6) is 0 Å². The summed E-state index contributed by atoms with van der Waals surface area (Å²) in [5, 5.41) is 10.6. The number of esters is 2. The molecule has 0 bridgehead atoms. The van der Waals surface area contributed by atoms with Gasteiger partial charge in [0.1, 0.15) is 17.8 Å². The van der Waals surface area contributed by atoms with E-state index in [1.54, 1.807) is 19.9 Å². The van der Waals surface area contributed by atoms with E-state index in [1.807, 2.05) is 13.0 Å². The van der Waals surface area contributed by atoms with E-state index in [-0.39, 0.29) is 11.8 Å². The van der Waals surface area contributed by atoms with Crippen molar-refractivity contribution < 1.29 is 28.9 Å². The van der Waals surface area contributed by atoms with E-state index in [0.29, 0.717) is 24.2 Å². The third-order valence-electron chi connectivity index (χ3n) is 6.41. The van der Waals surface area contributed by atoms with Crippen LogP contribution in [-0.2, 0) is 23.8 Å². The Kier molecular flexibility index (Phi) is 3.90. The minimum Gasteiger partial charge on any atom is -0.458 e. The van der Waals surface area contributed by atoms with E-state index >= 15 is 0 Å². The molecule has 26 heavy (non-hydrogen) atoms. The predicted octanol–water partition coefficient (Wildman–Crippen LogP) is 1.69. The average Bonchev–Trinajstić information content (AvgIpc) is 3.23. The lowest BCUT2D eigenvalue weighted by molar-refractivity contribution is -0.148. The first kappa shape index (κ1) is 17.5. The van der Waals surface area contributed by atoms with Crippen molar-refractivity contribution in [1.29, 1.82) is 0 Å². The molecule has 1 saturated carbocycles. The van der Waals surface area contributed by atoms with Gasteiger partial charge in [0.2, 0.25) is 0 Å². The first-order valence-corrected chi connectivity index (χ1v) is 9.03. The fourth-order valence-corrected chi connectivity index (χ4v) is 4.89. The summed E-state index contributed by atoms with van der Waals surface area (Å²) in [4.78, 5) is 24.6. The van der Waals surface area contributed by atoms with Crippen molar-refractivity contribution in [1.82, 2.24) is 0 Å². The summed E-state index contributed by atoms with van der Waals surface area (Å²) in [7, 11) is 0. The standard InChI is InChI=1S/C20H24O6/c1-5-9(2)18(22)25-13-7-20(8-24-20)16-12(21)6-10(3)14(16)17-15(13)11(4)19(23)26-17/h5-6,12-17,21H,4,7-8H2,1-3H3/b9-5-/t12-,13+,14-,15+,16+,17-,20-/m0/s1. The number of carbonyl (C=O) groups is 2. The molecule has 2 saturated heterocycles. The molecule has 6 heteroatoms. The van der Waals surface area contributed by atoms with E-state index in [0.717, 1.165) is 5.57 Å². The molecule has 0 aromatic heterocycles. The molecule has 2 aliphatic carbocycles. The number of carbonyl (C=O) groups excluding carboxylic acids is 2. The van der Waals surface area contributed by atoms with Gasteiger partial charge >= 0.3 is 11.9 Å². The van der Waals surface area contributed by atoms with Crippen LogP contribution in [0.2, 0.25) is 0 Å². The van der Waals surface area contributed by atoms with Crippen LogP contribution in [0.3, 0.4) is 0 Å². The summed E-state index contributed by atoms with van der Waals surface area (Å²) in [6.45, 7) is 9.81. The Labute approximate surface area is 152 Å². The van der Waals surface area contributed by atoms with Gasteiger partial charge in [0, 0.05) is 29.4 Å². The third-order valence-corrected chi connectivity index (χ3v) is 6.41. The summed E-state index contributed by atoms with van der Waals surface area (Å²) < 4.78 is 17.3. The number of hydrogen-bond donors (Lipinski definition) is 1. The molecule has 1 N–H and O–H groups in total. The molecule has 0 amide bonds. The van der Waals surface area contributed by atoms with Gasteiger partial charge in [-0.3, -0.25) is 0 Å². The fourth-order valence-electron chi connectivity index (χ4n) is 4.89. The predicted molar refractivity (Wildman–Crippen MR) is 91.9 cm³/mol. The van der Waals surface area contributed by atoms with Gasteiger partial charge in [-0.05, 0) is 20.8 Å². The molecule has 4 aliphatic rings. The summed E-state index contributed by atoms with van der Waals surface area (Å²) in [6, 6.07) is 0. The Morgan fingerprint density at radius 1 is 1.46 bits per heavy atom. The van der Waals surface area contributed by atoms with E-state index in [9.17, 15) is 14.7 Å². The molecule has 2 heterocycles. The molecule has 4 rings (SSSR count). The zero-order valence-corrected chi connectivity index (χ0v) is 15.2. The molecule has 2 aliphatic heterocycles. The second-order valence-electron chi connectivity index (χ2n) is 7.85. The summed E-state index contributed by atoms with van der Waals surface area (Å²) in [5.41, 5.74) is 1.26. The van der Waals surface area contributed by atoms with Gasteiger partial charge in [0.05, 0.1) is 18.6 Å². The molecule has 0 aromatic rings. The van der Waals surface area contributed by atoms with Crippen LogP contribution in [0.1, 0.15) is 27.2 Å². The Morgan fingerprint density at radius 3 is 2.77 bits per heavy atom. The van der Waals surface area contributed by atoms with Gasteiger partial charge in [-0.15, -0.1) is 0 Å². The van der Waals surface area contributed by atoms with Crippen LogP contribution >= 0.6 is 0 Å². The maximum absolute atomic E-state index is 12.4. The molecule has 0 aromatic carbocycles. The zero-order valence-electron chi connectivity index (χ0n) is 15.2. The number of fused-ring (bicyclic) bond motifs is 4. The number of epoxide rings is 1. The normalized spacial score (nSPS) is 44.2. The molecule has 3 fully saturated rings. The maximum atomic E-state index is 12.4. The minimum absolute atomic E-state index is 0.160. The van der Waals surface area contributed by atoms with Gasteiger partial charge in [-0.25, -0.2) is 9.59 Å². The highest BCUT2D eigenvalue weighted by Crippen LogP contribution is 2.58. The van der Waals surface area contributed by atoms with Crippen LogP contribution in [0, 0.1) is 17.8 Å². The van der Waals surface area contributed by atoms with Crippen molar-refractivity contribution in [2.24, 2.45) is 17.8 Å². The van der Waals surface area contributed by atoms with Gasteiger partial charge in [0.25, 0.3) is 0 Å². The van der Waals surface area contributed by atoms with Crippen molar-refractivity contribution in [2.75, 3.05) is 6.61 Å². The topological polar surface area (TPSA) is 85.4 Å². The van der Waals surface area contributed by atoms with Gasteiger partial charge < -0.3 is 19.3 Å². The van der Waals surface area contributed by atoms with Crippen molar-refractivity contribution in [3.8, 4) is 0 Å². The number of hydrogen-bond acceptors (Lipinski definition) is 6. The SMILES string of the molecule is C=C1C(=O)O[C@H]2[C@H]3C(C)=C[C@H](O)[C@H]3[C@@]3(CO3)C[C@@H](OC(=O)/C(C)=C\C)[C@@H]12. The smallest absolute Gasteiger partial charge is 0.334 e. The molecule has 6 nitrogen and oxygen atoms in total.